The van der Waals surface area contributed by atoms with Gasteiger partial charge in [-0.05, 0) is 57.8 Å². The van der Waals surface area contributed by atoms with Crippen molar-refractivity contribution in [3.8, 4) is 0 Å². The minimum absolute atomic E-state index is 0.778. The molecular formula is C14H17Br2N3S. The van der Waals surface area contributed by atoms with Crippen molar-refractivity contribution in [2.24, 2.45) is 0 Å². The highest BCUT2D eigenvalue weighted by atomic mass is 79.9. The van der Waals surface area contributed by atoms with Crippen molar-refractivity contribution in [2.45, 2.75) is 20.4 Å². The molecule has 0 aliphatic rings. The van der Waals surface area contributed by atoms with Gasteiger partial charge in [-0.3, -0.25) is 0 Å². The summed E-state index contributed by atoms with van der Waals surface area (Å²) in [6.45, 7) is 7.07. The maximum absolute atomic E-state index is 4.50. The van der Waals surface area contributed by atoms with Crippen LogP contribution in [0.15, 0.2) is 33.3 Å². The number of rotatable bonds is 6. The third kappa shape index (κ3) is 3.74. The second-order valence-electron chi connectivity index (χ2n) is 4.23. The first-order chi connectivity index (χ1) is 9.65. The molecule has 0 fully saturated rings. The molecule has 0 bridgehead atoms. The van der Waals surface area contributed by atoms with Crippen LogP contribution < -0.4 is 10.2 Å². The lowest BCUT2D eigenvalue weighted by Crippen LogP contribution is -2.21. The molecule has 20 heavy (non-hydrogen) atoms. The van der Waals surface area contributed by atoms with E-state index in [2.05, 4.69) is 60.9 Å². The van der Waals surface area contributed by atoms with Gasteiger partial charge in [-0.1, -0.05) is 6.07 Å². The van der Waals surface area contributed by atoms with Crippen molar-refractivity contribution < 1.29 is 0 Å². The van der Waals surface area contributed by atoms with Gasteiger partial charge in [0.25, 0.3) is 0 Å². The number of para-hydroxylation sites is 1. The lowest BCUT2D eigenvalue weighted by atomic mass is 10.3. The number of halogens is 2. The predicted molar refractivity (Wildman–Crippen MR) is 94.8 cm³/mol. The molecule has 0 radical (unpaired) electrons. The van der Waals surface area contributed by atoms with Crippen molar-refractivity contribution >= 4 is 54.0 Å². The number of nitrogens with one attached hydrogen (secondary N) is 1. The van der Waals surface area contributed by atoms with Crippen LogP contribution in [0.1, 0.15) is 18.7 Å². The Bertz CT molecular complexity index is 547. The van der Waals surface area contributed by atoms with Gasteiger partial charge in [-0.25, -0.2) is 4.98 Å². The molecule has 2 aromatic rings. The Morgan fingerprint density at radius 3 is 2.45 bits per heavy atom. The fraction of sp³-hybridized carbons (Fsp3) is 0.357. The number of hydrogen-bond acceptors (Lipinski definition) is 4. The minimum atomic E-state index is 0.778. The monoisotopic (exact) mass is 417 g/mol. The third-order valence-electron chi connectivity index (χ3n) is 2.98. The van der Waals surface area contributed by atoms with Crippen molar-refractivity contribution in [1.82, 2.24) is 4.98 Å². The van der Waals surface area contributed by atoms with Gasteiger partial charge in [0, 0.05) is 33.1 Å². The summed E-state index contributed by atoms with van der Waals surface area (Å²) in [5.41, 5.74) is 1.07. The Hall–Kier alpha value is -0.590. The summed E-state index contributed by atoms with van der Waals surface area (Å²) in [5, 5.41) is 4.54. The molecule has 0 saturated heterocycles. The standard InChI is InChI=1S/C14H17Br2N3S/c1-3-19(4-2)14-18-9-10(20-14)8-17-13-11(15)6-5-7-12(13)16/h5-7,9,17H,3-4,8H2,1-2H3. The summed E-state index contributed by atoms with van der Waals surface area (Å²) < 4.78 is 2.11. The normalized spacial score (nSPS) is 10.6. The molecule has 0 aliphatic heterocycles. The number of anilines is 2. The molecule has 2 rings (SSSR count). The molecule has 108 valence electrons. The number of thiazole rings is 1. The second kappa shape index (κ2) is 7.43. The average Bonchev–Trinajstić information content (AvgIpc) is 2.88. The molecule has 1 N–H and O–H groups in total. The van der Waals surface area contributed by atoms with Gasteiger partial charge in [0.05, 0.1) is 12.2 Å². The molecule has 0 saturated carbocycles. The lowest BCUT2D eigenvalue weighted by molar-refractivity contribution is 0.860. The topological polar surface area (TPSA) is 28.2 Å². The number of nitrogens with zero attached hydrogens (tertiary/aromatic N) is 2. The summed E-state index contributed by atoms with van der Waals surface area (Å²) in [4.78, 5) is 7.99. The predicted octanol–water partition coefficient (Wildman–Crippen LogP) is 5.13. The van der Waals surface area contributed by atoms with E-state index in [0.29, 0.717) is 0 Å². The molecule has 1 aromatic carbocycles. The lowest BCUT2D eigenvalue weighted by Gasteiger charge is -2.16. The van der Waals surface area contributed by atoms with E-state index in [4.69, 9.17) is 0 Å². The number of hydrogen-bond donors (Lipinski definition) is 1. The molecule has 0 amide bonds. The van der Waals surface area contributed by atoms with E-state index in [-0.39, 0.29) is 0 Å². The molecule has 0 spiro atoms. The maximum Gasteiger partial charge on any atom is 0.185 e. The van der Waals surface area contributed by atoms with Crippen LogP contribution >= 0.6 is 43.2 Å². The Labute approximate surface area is 140 Å². The summed E-state index contributed by atoms with van der Waals surface area (Å²) >= 11 is 8.86. The molecule has 0 atom stereocenters. The first-order valence-electron chi connectivity index (χ1n) is 6.53. The van der Waals surface area contributed by atoms with Crippen molar-refractivity contribution in [2.75, 3.05) is 23.3 Å². The van der Waals surface area contributed by atoms with Crippen LogP contribution in [0, 0.1) is 0 Å². The van der Waals surface area contributed by atoms with Gasteiger partial charge in [0.15, 0.2) is 5.13 Å². The zero-order chi connectivity index (χ0) is 14.5. The first kappa shape index (κ1) is 15.8. The summed E-state index contributed by atoms with van der Waals surface area (Å²) in [7, 11) is 0. The second-order valence-corrected chi connectivity index (χ2v) is 7.03. The third-order valence-corrected chi connectivity index (χ3v) is 5.36. The summed E-state index contributed by atoms with van der Waals surface area (Å²) in [6.07, 6.45) is 1.95. The highest BCUT2D eigenvalue weighted by molar-refractivity contribution is 9.11. The Morgan fingerprint density at radius 2 is 1.85 bits per heavy atom. The molecule has 0 unspecified atom stereocenters. The van der Waals surface area contributed by atoms with E-state index < -0.39 is 0 Å². The SMILES string of the molecule is CCN(CC)c1ncc(CNc2c(Br)cccc2Br)s1. The van der Waals surface area contributed by atoms with E-state index in [1.54, 1.807) is 11.3 Å². The quantitative estimate of drug-likeness (QED) is 0.704. The van der Waals surface area contributed by atoms with Gasteiger partial charge in [0.2, 0.25) is 0 Å². The summed E-state index contributed by atoms with van der Waals surface area (Å²) in [5.74, 6) is 0. The molecular weight excluding hydrogens is 402 g/mol. The van der Waals surface area contributed by atoms with E-state index in [1.165, 1.54) is 4.88 Å². The fourth-order valence-corrected chi connectivity index (χ4v) is 4.12. The van der Waals surface area contributed by atoms with E-state index in [0.717, 1.165) is 39.4 Å². The molecule has 3 nitrogen and oxygen atoms in total. The van der Waals surface area contributed by atoms with Crippen molar-refractivity contribution in [3.63, 3.8) is 0 Å². The Balaban J connectivity index is 2.05. The van der Waals surface area contributed by atoms with Crippen LogP contribution in [0.2, 0.25) is 0 Å². The van der Waals surface area contributed by atoms with E-state index in [1.807, 2.05) is 24.4 Å². The van der Waals surface area contributed by atoms with Crippen LogP contribution in [0.5, 0.6) is 0 Å². The average molecular weight is 419 g/mol. The smallest absolute Gasteiger partial charge is 0.185 e. The van der Waals surface area contributed by atoms with Crippen molar-refractivity contribution in [1.29, 1.82) is 0 Å². The zero-order valence-electron chi connectivity index (χ0n) is 11.5. The molecule has 6 heteroatoms. The zero-order valence-corrected chi connectivity index (χ0v) is 15.5. The molecule has 0 aliphatic carbocycles. The van der Waals surface area contributed by atoms with Crippen LogP contribution in [-0.4, -0.2) is 18.1 Å². The molecule has 1 aromatic heterocycles. The Morgan fingerprint density at radius 1 is 1.20 bits per heavy atom. The van der Waals surface area contributed by atoms with E-state index >= 15 is 0 Å². The van der Waals surface area contributed by atoms with Crippen LogP contribution in [0.3, 0.4) is 0 Å². The van der Waals surface area contributed by atoms with Crippen molar-refractivity contribution in [3.05, 3.63) is 38.2 Å². The first-order valence-corrected chi connectivity index (χ1v) is 8.93. The highest BCUT2D eigenvalue weighted by Gasteiger charge is 2.09. The van der Waals surface area contributed by atoms with Crippen LogP contribution in [0.4, 0.5) is 10.8 Å². The molecule has 1 heterocycles. The van der Waals surface area contributed by atoms with E-state index in [9.17, 15) is 0 Å². The largest absolute Gasteiger partial charge is 0.378 e. The summed E-state index contributed by atoms with van der Waals surface area (Å²) in [6, 6.07) is 6.06. The Kier molecular flexibility index (Phi) is 5.86. The van der Waals surface area contributed by atoms with Gasteiger partial charge in [-0.2, -0.15) is 0 Å². The number of aromatic nitrogens is 1. The van der Waals surface area contributed by atoms with Gasteiger partial charge in [-0.15, -0.1) is 11.3 Å². The maximum atomic E-state index is 4.50. The van der Waals surface area contributed by atoms with Gasteiger partial charge < -0.3 is 10.2 Å². The van der Waals surface area contributed by atoms with Crippen LogP contribution in [-0.2, 0) is 6.54 Å². The van der Waals surface area contributed by atoms with Gasteiger partial charge in [0.1, 0.15) is 0 Å². The van der Waals surface area contributed by atoms with Gasteiger partial charge >= 0.3 is 0 Å². The highest BCUT2D eigenvalue weighted by Crippen LogP contribution is 2.31. The number of benzene rings is 1. The van der Waals surface area contributed by atoms with Crippen LogP contribution in [0.25, 0.3) is 0 Å². The fourth-order valence-electron chi connectivity index (χ4n) is 1.86. The minimum Gasteiger partial charge on any atom is -0.378 e.